The van der Waals surface area contributed by atoms with Gasteiger partial charge in [0.05, 0.1) is 6.61 Å². The van der Waals surface area contributed by atoms with E-state index in [1.54, 1.807) is 0 Å². The minimum absolute atomic E-state index is 0.474. The SMILES string of the molecule is CCCCCCCCCCCCCCCCCCCCCOC(=O)NN. The van der Waals surface area contributed by atoms with Crippen LogP contribution in [-0.4, -0.2) is 12.7 Å². The van der Waals surface area contributed by atoms with Crippen molar-refractivity contribution < 1.29 is 9.53 Å². The quantitative estimate of drug-likeness (QED) is 0.105. The molecule has 0 saturated carbocycles. The van der Waals surface area contributed by atoms with E-state index < -0.39 is 6.09 Å². The molecule has 4 nitrogen and oxygen atoms in total. The van der Waals surface area contributed by atoms with Crippen molar-refractivity contribution in [2.75, 3.05) is 6.61 Å². The Hall–Kier alpha value is -0.770. The largest absolute Gasteiger partial charge is 0.449 e. The van der Waals surface area contributed by atoms with Crippen LogP contribution in [0.4, 0.5) is 4.79 Å². The number of hydrogen-bond donors (Lipinski definition) is 2. The number of carbonyl (C=O) groups excluding carboxylic acids is 1. The first-order valence-corrected chi connectivity index (χ1v) is 11.4. The summed E-state index contributed by atoms with van der Waals surface area (Å²) in [5, 5.41) is 0. The molecule has 0 atom stereocenters. The third-order valence-electron chi connectivity index (χ3n) is 5.10. The highest BCUT2D eigenvalue weighted by Gasteiger charge is 1.98. The average Bonchev–Trinajstić information content (AvgIpc) is 2.66. The second-order valence-electron chi connectivity index (χ2n) is 7.64. The highest BCUT2D eigenvalue weighted by atomic mass is 16.5. The molecule has 0 rings (SSSR count). The maximum absolute atomic E-state index is 10.7. The van der Waals surface area contributed by atoms with Gasteiger partial charge in [0, 0.05) is 0 Å². The van der Waals surface area contributed by atoms with Crippen molar-refractivity contribution in [1.82, 2.24) is 5.43 Å². The van der Waals surface area contributed by atoms with Crippen LogP contribution in [0.5, 0.6) is 0 Å². The van der Waals surface area contributed by atoms with Gasteiger partial charge in [0.15, 0.2) is 0 Å². The van der Waals surface area contributed by atoms with E-state index >= 15 is 0 Å². The van der Waals surface area contributed by atoms with E-state index in [0.29, 0.717) is 6.61 Å². The number of rotatable bonds is 20. The topological polar surface area (TPSA) is 64.3 Å². The summed E-state index contributed by atoms with van der Waals surface area (Å²) in [5.41, 5.74) is 1.96. The van der Waals surface area contributed by atoms with Gasteiger partial charge >= 0.3 is 6.09 Å². The van der Waals surface area contributed by atoms with E-state index in [1.807, 2.05) is 5.43 Å². The number of ether oxygens (including phenoxy) is 1. The van der Waals surface area contributed by atoms with Crippen molar-refractivity contribution in [3.8, 4) is 0 Å². The zero-order valence-corrected chi connectivity index (χ0v) is 17.5. The van der Waals surface area contributed by atoms with E-state index in [1.165, 1.54) is 109 Å². The van der Waals surface area contributed by atoms with Crippen molar-refractivity contribution in [3.05, 3.63) is 0 Å². The standard InChI is InChI=1S/C22H46N2O2/c1-2-3-4-5-6-7-8-9-10-11-12-13-14-15-16-17-18-19-20-21-26-22(25)24-23/h2-21,23H2,1H3,(H,24,25). The Bertz CT molecular complexity index is 285. The van der Waals surface area contributed by atoms with Crippen LogP contribution in [0.3, 0.4) is 0 Å². The zero-order chi connectivity index (χ0) is 19.1. The molecule has 0 aromatic rings. The molecule has 0 saturated heterocycles. The zero-order valence-electron chi connectivity index (χ0n) is 17.5. The third kappa shape index (κ3) is 21.3. The summed E-state index contributed by atoms with van der Waals surface area (Å²) < 4.78 is 4.85. The molecule has 0 unspecified atom stereocenters. The van der Waals surface area contributed by atoms with Crippen LogP contribution in [0.2, 0.25) is 0 Å². The second kappa shape index (κ2) is 22.3. The Morgan fingerprint density at radius 2 is 0.923 bits per heavy atom. The molecular formula is C22H46N2O2. The first-order chi connectivity index (χ1) is 12.8. The molecule has 1 amide bonds. The molecule has 0 aromatic carbocycles. The minimum Gasteiger partial charge on any atom is -0.449 e. The Balaban J connectivity index is 3.00. The molecule has 0 aromatic heterocycles. The molecule has 156 valence electrons. The molecule has 0 heterocycles. The van der Waals surface area contributed by atoms with Gasteiger partial charge in [-0.05, 0) is 6.42 Å². The van der Waals surface area contributed by atoms with Crippen LogP contribution < -0.4 is 11.3 Å². The summed E-state index contributed by atoms with van der Waals surface area (Å²) in [7, 11) is 0. The van der Waals surface area contributed by atoms with E-state index in [0.717, 1.165) is 12.8 Å². The fraction of sp³-hybridized carbons (Fsp3) is 0.955. The van der Waals surface area contributed by atoms with Crippen LogP contribution in [0.15, 0.2) is 0 Å². The number of hydrogen-bond acceptors (Lipinski definition) is 3. The first-order valence-electron chi connectivity index (χ1n) is 11.4. The highest BCUT2D eigenvalue weighted by Crippen LogP contribution is 2.14. The lowest BCUT2D eigenvalue weighted by molar-refractivity contribution is 0.144. The first kappa shape index (κ1) is 25.2. The van der Waals surface area contributed by atoms with Crippen LogP contribution >= 0.6 is 0 Å². The van der Waals surface area contributed by atoms with Gasteiger partial charge in [-0.3, -0.25) is 5.43 Å². The molecule has 0 bridgehead atoms. The number of carbonyl (C=O) groups is 1. The number of amides is 1. The molecule has 4 heteroatoms. The maximum atomic E-state index is 10.7. The number of unbranched alkanes of at least 4 members (excludes halogenated alkanes) is 18. The van der Waals surface area contributed by atoms with Gasteiger partial charge in [-0.15, -0.1) is 0 Å². The summed E-state index contributed by atoms with van der Waals surface area (Å²) in [6, 6.07) is 0. The lowest BCUT2D eigenvalue weighted by atomic mass is 10.0. The van der Waals surface area contributed by atoms with Crippen LogP contribution in [-0.2, 0) is 4.74 Å². The predicted molar refractivity (Wildman–Crippen MR) is 112 cm³/mol. The maximum Gasteiger partial charge on any atom is 0.421 e. The lowest BCUT2D eigenvalue weighted by Crippen LogP contribution is -2.30. The fourth-order valence-corrected chi connectivity index (χ4v) is 3.39. The van der Waals surface area contributed by atoms with Gasteiger partial charge in [0.1, 0.15) is 0 Å². The van der Waals surface area contributed by atoms with Gasteiger partial charge in [-0.2, -0.15) is 0 Å². The summed E-state index contributed by atoms with van der Waals surface area (Å²) in [6.07, 6.45) is 25.4. The van der Waals surface area contributed by atoms with Crippen molar-refractivity contribution in [1.29, 1.82) is 0 Å². The Morgan fingerprint density at radius 3 is 1.23 bits per heavy atom. The third-order valence-corrected chi connectivity index (χ3v) is 5.10. The molecular weight excluding hydrogens is 324 g/mol. The predicted octanol–water partition coefficient (Wildman–Crippen LogP) is 7.02. The smallest absolute Gasteiger partial charge is 0.421 e. The average molecular weight is 371 g/mol. The van der Waals surface area contributed by atoms with E-state index in [9.17, 15) is 4.79 Å². The van der Waals surface area contributed by atoms with Crippen molar-refractivity contribution in [3.63, 3.8) is 0 Å². The molecule has 0 aliphatic heterocycles. The van der Waals surface area contributed by atoms with Crippen molar-refractivity contribution >= 4 is 6.09 Å². The van der Waals surface area contributed by atoms with E-state index in [4.69, 9.17) is 10.6 Å². The van der Waals surface area contributed by atoms with E-state index in [2.05, 4.69) is 6.92 Å². The van der Waals surface area contributed by atoms with Crippen LogP contribution in [0.1, 0.15) is 129 Å². The summed E-state index contributed by atoms with van der Waals surface area (Å²) in [6.45, 7) is 2.76. The molecule has 0 aliphatic rings. The lowest BCUT2D eigenvalue weighted by Gasteiger charge is -2.04. The van der Waals surface area contributed by atoms with Crippen LogP contribution in [0, 0.1) is 0 Å². The summed E-state index contributed by atoms with van der Waals surface area (Å²) in [4.78, 5) is 10.7. The van der Waals surface area contributed by atoms with Gasteiger partial charge < -0.3 is 4.74 Å². The van der Waals surface area contributed by atoms with Gasteiger partial charge in [-0.1, -0.05) is 122 Å². The second-order valence-corrected chi connectivity index (χ2v) is 7.64. The monoisotopic (exact) mass is 370 g/mol. The highest BCUT2D eigenvalue weighted by molar-refractivity contribution is 5.66. The molecule has 26 heavy (non-hydrogen) atoms. The van der Waals surface area contributed by atoms with Gasteiger partial charge in [-0.25, -0.2) is 10.6 Å². The van der Waals surface area contributed by atoms with Crippen LogP contribution in [0.25, 0.3) is 0 Å². The van der Waals surface area contributed by atoms with Crippen molar-refractivity contribution in [2.45, 2.75) is 129 Å². The molecule has 0 spiro atoms. The van der Waals surface area contributed by atoms with Gasteiger partial charge in [0.2, 0.25) is 0 Å². The van der Waals surface area contributed by atoms with E-state index in [-0.39, 0.29) is 0 Å². The summed E-state index contributed by atoms with van der Waals surface area (Å²) >= 11 is 0. The fourth-order valence-electron chi connectivity index (χ4n) is 3.39. The number of nitrogens with two attached hydrogens (primary N) is 1. The summed E-state index contributed by atoms with van der Waals surface area (Å²) in [5.74, 6) is 4.93. The molecule has 3 N–H and O–H groups in total. The molecule has 0 fully saturated rings. The normalized spacial score (nSPS) is 10.8. The number of nitrogens with one attached hydrogen (secondary N) is 1. The number of hydrazine groups is 1. The Morgan fingerprint density at radius 1 is 0.615 bits per heavy atom. The Kier molecular flexibility index (Phi) is 21.6. The van der Waals surface area contributed by atoms with Gasteiger partial charge in [0.25, 0.3) is 0 Å². The molecule has 0 radical (unpaired) electrons. The minimum atomic E-state index is -0.535. The molecule has 0 aliphatic carbocycles. The van der Waals surface area contributed by atoms with Crippen molar-refractivity contribution in [2.24, 2.45) is 5.84 Å². The Labute approximate surface area is 163 Å².